The highest BCUT2D eigenvalue weighted by molar-refractivity contribution is 5.30. The molecule has 0 aliphatic heterocycles. The molecule has 0 aromatic rings. The fourth-order valence-electron chi connectivity index (χ4n) is 11.1. The van der Waals surface area contributed by atoms with Crippen LogP contribution in [0.15, 0.2) is 11.6 Å². The van der Waals surface area contributed by atoms with Gasteiger partial charge in [0.2, 0.25) is 0 Å². The average Bonchev–Trinajstić information content (AvgIpc) is 3.31. The Balaban J connectivity index is 1.41. The van der Waals surface area contributed by atoms with Crippen LogP contribution in [0.5, 0.6) is 0 Å². The van der Waals surface area contributed by atoms with Crippen molar-refractivity contribution in [2.24, 2.45) is 56.7 Å². The molecule has 5 aliphatic carbocycles. The van der Waals surface area contributed by atoms with E-state index in [0.29, 0.717) is 27.6 Å². The lowest BCUT2D eigenvalue weighted by Gasteiger charge is -2.63. The Bertz CT molecular complexity index is 792. The molecule has 5 fully saturated rings. The molecule has 0 saturated heterocycles. The lowest BCUT2D eigenvalue weighted by molar-refractivity contribution is -0.161. The van der Waals surface area contributed by atoms with Gasteiger partial charge in [-0.2, -0.15) is 0 Å². The molecule has 1 N–H and O–H groups in total. The van der Waals surface area contributed by atoms with Crippen molar-refractivity contribution >= 4 is 0 Å². The maximum atomic E-state index is 10.9. The summed E-state index contributed by atoms with van der Waals surface area (Å²) in [6.45, 7) is 19.8. The molecule has 9 atom stereocenters. The van der Waals surface area contributed by atoms with E-state index >= 15 is 0 Å². The van der Waals surface area contributed by atoms with Gasteiger partial charge in [-0.15, -0.1) is 0 Å². The summed E-state index contributed by atoms with van der Waals surface area (Å²) in [7, 11) is 0. The van der Waals surface area contributed by atoms with Gasteiger partial charge in [0.1, 0.15) is 0 Å². The van der Waals surface area contributed by atoms with Crippen molar-refractivity contribution in [3.8, 4) is 0 Å². The Morgan fingerprint density at radius 3 is 2.19 bits per heavy atom. The summed E-state index contributed by atoms with van der Waals surface area (Å²) in [5, 5.41) is 10.9. The molecule has 0 heterocycles. The molecule has 0 amide bonds. The smallest absolute Gasteiger partial charge is 0.0594 e. The second-order valence-electron chi connectivity index (χ2n) is 14.8. The van der Waals surface area contributed by atoms with Gasteiger partial charge in [-0.05, 0) is 128 Å². The normalized spacial score (nSPS) is 52.6. The number of rotatable bonds is 4. The summed E-state index contributed by atoms with van der Waals surface area (Å²) in [5.74, 6) is 4.06. The monoisotopic (exact) mass is 440 g/mol. The summed E-state index contributed by atoms with van der Waals surface area (Å²) in [6, 6.07) is 0. The fraction of sp³-hybridized carbons (Fsp3) is 0.935. The molecule has 0 radical (unpaired) electrons. The van der Waals surface area contributed by atoms with Gasteiger partial charge in [-0.1, -0.05) is 60.1 Å². The van der Waals surface area contributed by atoms with Crippen molar-refractivity contribution in [3.63, 3.8) is 0 Å². The van der Waals surface area contributed by atoms with Gasteiger partial charge in [0.15, 0.2) is 0 Å². The average molecular weight is 441 g/mol. The first-order valence-corrected chi connectivity index (χ1v) is 14.2. The van der Waals surface area contributed by atoms with Crippen LogP contribution >= 0.6 is 0 Å². The van der Waals surface area contributed by atoms with Crippen molar-refractivity contribution in [2.75, 3.05) is 0 Å². The maximum Gasteiger partial charge on any atom is 0.0594 e. The first kappa shape index (κ1) is 23.4. The van der Waals surface area contributed by atoms with E-state index < -0.39 is 0 Å². The maximum absolute atomic E-state index is 10.9. The third-order valence-electron chi connectivity index (χ3n) is 13.6. The molecule has 0 bridgehead atoms. The van der Waals surface area contributed by atoms with Crippen LogP contribution in [-0.4, -0.2) is 11.2 Å². The molecule has 0 aromatic carbocycles. The number of hydrogen-bond acceptors (Lipinski definition) is 1. The van der Waals surface area contributed by atoms with Crippen molar-refractivity contribution in [1.82, 2.24) is 0 Å². The number of aliphatic hydroxyl groups is 1. The van der Waals surface area contributed by atoms with Gasteiger partial charge in [-0.3, -0.25) is 0 Å². The minimum atomic E-state index is -0.0872. The molecule has 0 aromatic heterocycles. The van der Waals surface area contributed by atoms with E-state index in [2.05, 4.69) is 61.5 Å². The van der Waals surface area contributed by atoms with Crippen LogP contribution in [0.3, 0.4) is 0 Å². The highest BCUT2D eigenvalue weighted by atomic mass is 16.3. The Morgan fingerprint density at radius 1 is 0.844 bits per heavy atom. The minimum Gasteiger partial charge on any atom is -0.393 e. The molecule has 5 saturated carbocycles. The first-order valence-electron chi connectivity index (χ1n) is 14.2. The SMILES string of the molecule is CC(=CC[C@@H](C)[C@H]1CC[C@@]2(C)[C@H]3CC[C@@H]4C(C)(C)[C@@H](O)CC[C@]45C[C@]35CC[C@]12C)C(C)C. The molecule has 1 heteroatoms. The van der Waals surface area contributed by atoms with Crippen molar-refractivity contribution in [3.05, 3.63) is 11.6 Å². The second kappa shape index (κ2) is 7.11. The molecular weight excluding hydrogens is 388 g/mol. The minimum absolute atomic E-state index is 0.0872. The second-order valence-corrected chi connectivity index (χ2v) is 14.8. The molecule has 2 spiro atoms. The van der Waals surface area contributed by atoms with Crippen LogP contribution in [0, 0.1) is 56.7 Å². The summed E-state index contributed by atoms with van der Waals surface area (Å²) in [5.41, 5.74) is 3.92. The van der Waals surface area contributed by atoms with E-state index in [9.17, 15) is 5.11 Å². The Kier molecular flexibility index (Phi) is 5.21. The molecule has 1 nitrogen and oxygen atoms in total. The summed E-state index contributed by atoms with van der Waals surface area (Å²) >= 11 is 0. The zero-order valence-corrected chi connectivity index (χ0v) is 22.6. The molecule has 0 unspecified atom stereocenters. The van der Waals surface area contributed by atoms with Gasteiger partial charge in [-0.25, -0.2) is 0 Å². The molecule has 5 aliphatic rings. The first-order chi connectivity index (χ1) is 14.9. The quantitative estimate of drug-likeness (QED) is 0.435. The van der Waals surface area contributed by atoms with Gasteiger partial charge in [0.25, 0.3) is 0 Å². The third kappa shape index (κ3) is 2.73. The summed E-state index contributed by atoms with van der Waals surface area (Å²) in [6.07, 6.45) is 16.3. The lowest BCUT2D eigenvalue weighted by atomic mass is 9.41. The third-order valence-corrected chi connectivity index (χ3v) is 13.6. The highest BCUT2D eigenvalue weighted by Gasteiger charge is 2.82. The predicted molar refractivity (Wildman–Crippen MR) is 135 cm³/mol. The van der Waals surface area contributed by atoms with Crippen LogP contribution in [0.4, 0.5) is 0 Å². The van der Waals surface area contributed by atoms with Crippen LogP contribution in [0.25, 0.3) is 0 Å². The van der Waals surface area contributed by atoms with Gasteiger partial charge < -0.3 is 5.11 Å². The summed E-state index contributed by atoms with van der Waals surface area (Å²) < 4.78 is 0. The molecule has 5 rings (SSSR count). The van der Waals surface area contributed by atoms with Gasteiger partial charge >= 0.3 is 0 Å². The fourth-order valence-corrected chi connectivity index (χ4v) is 11.1. The van der Waals surface area contributed by atoms with E-state index in [-0.39, 0.29) is 11.5 Å². The Labute approximate surface area is 199 Å². The van der Waals surface area contributed by atoms with Gasteiger partial charge in [0, 0.05) is 0 Å². The molecule has 182 valence electrons. The Hall–Kier alpha value is -0.300. The summed E-state index contributed by atoms with van der Waals surface area (Å²) in [4.78, 5) is 0. The van der Waals surface area contributed by atoms with E-state index in [1.54, 1.807) is 5.57 Å². The van der Waals surface area contributed by atoms with Crippen molar-refractivity contribution in [2.45, 2.75) is 126 Å². The van der Waals surface area contributed by atoms with Crippen LogP contribution in [0.1, 0.15) is 120 Å². The van der Waals surface area contributed by atoms with Crippen LogP contribution < -0.4 is 0 Å². The lowest BCUT2D eigenvalue weighted by Crippen LogP contribution is -2.57. The van der Waals surface area contributed by atoms with E-state index in [1.165, 1.54) is 57.8 Å². The number of aliphatic hydroxyl groups excluding tert-OH is 1. The van der Waals surface area contributed by atoms with Crippen LogP contribution in [0.2, 0.25) is 0 Å². The Morgan fingerprint density at radius 2 is 1.50 bits per heavy atom. The number of hydrogen-bond donors (Lipinski definition) is 1. The van der Waals surface area contributed by atoms with Crippen molar-refractivity contribution in [1.29, 1.82) is 0 Å². The number of allylic oxidation sites excluding steroid dienone is 2. The van der Waals surface area contributed by atoms with Crippen LogP contribution in [-0.2, 0) is 0 Å². The topological polar surface area (TPSA) is 20.2 Å². The highest BCUT2D eigenvalue weighted by Crippen LogP contribution is 2.89. The zero-order valence-electron chi connectivity index (χ0n) is 22.6. The predicted octanol–water partition coefficient (Wildman–Crippen LogP) is 8.41. The van der Waals surface area contributed by atoms with Crippen molar-refractivity contribution < 1.29 is 5.11 Å². The molecular formula is C31H52O. The standard InChI is InChI=1S/C31H52O/c1-20(2)21(3)9-10-22(4)23-13-15-29(8)25-12-11-24-27(5,6)26(32)14-16-30(24)19-31(25,30)18-17-28(23,29)7/h9,20,22-26,32H,10-19H2,1-8H3/t22-,23-,24-,25-,26+,28-,29+,30+,31-/m1/s1. The largest absolute Gasteiger partial charge is 0.393 e. The number of fused-ring (bicyclic) bond motifs is 2. The van der Waals surface area contributed by atoms with Gasteiger partial charge in [0.05, 0.1) is 6.10 Å². The van der Waals surface area contributed by atoms with E-state index in [4.69, 9.17) is 0 Å². The van der Waals surface area contributed by atoms with E-state index in [0.717, 1.165) is 30.1 Å². The molecule has 32 heavy (non-hydrogen) atoms. The van der Waals surface area contributed by atoms with E-state index in [1.807, 2.05) is 0 Å². The zero-order chi connectivity index (χ0) is 23.3.